The predicted octanol–water partition coefficient (Wildman–Crippen LogP) is 4.84. The van der Waals surface area contributed by atoms with Gasteiger partial charge >= 0.3 is 0 Å². The molecule has 2 heterocycles. The topological polar surface area (TPSA) is 74.6 Å². The molecule has 0 fully saturated rings. The maximum absolute atomic E-state index is 13.3. The number of anilines is 1. The van der Waals surface area contributed by atoms with E-state index in [1.165, 1.54) is 0 Å². The lowest BCUT2D eigenvalue weighted by Gasteiger charge is -2.07. The highest BCUT2D eigenvalue weighted by Crippen LogP contribution is 2.35. The van der Waals surface area contributed by atoms with E-state index in [1.807, 2.05) is 55.5 Å². The number of aromatic nitrogens is 2. The van der Waals surface area contributed by atoms with E-state index in [9.17, 15) is 4.79 Å². The molecule has 7 nitrogen and oxygen atoms in total. The summed E-state index contributed by atoms with van der Waals surface area (Å²) in [5, 5.41) is 7.67. The van der Waals surface area contributed by atoms with Gasteiger partial charge in [-0.1, -0.05) is 29.8 Å². The summed E-state index contributed by atoms with van der Waals surface area (Å²) >= 11 is 0. The Bertz CT molecular complexity index is 1300. The summed E-state index contributed by atoms with van der Waals surface area (Å²) in [4.78, 5) is 13.3. The lowest BCUT2D eigenvalue weighted by Crippen LogP contribution is -2.12. The van der Waals surface area contributed by atoms with Crippen LogP contribution >= 0.6 is 0 Å². The van der Waals surface area contributed by atoms with E-state index in [0.717, 1.165) is 16.8 Å². The molecule has 160 valence electrons. The molecule has 0 unspecified atom stereocenters. The Morgan fingerprint density at radius 2 is 1.84 bits per heavy atom. The summed E-state index contributed by atoms with van der Waals surface area (Å²) in [6, 6.07) is 20.7. The molecule has 1 aliphatic rings. The molecule has 0 bridgehead atoms. The molecule has 1 N–H and O–H groups in total. The monoisotopic (exact) mass is 427 g/mol. The third-order valence-electron chi connectivity index (χ3n) is 5.23. The number of amides is 1. The third-order valence-corrected chi connectivity index (χ3v) is 5.23. The first-order valence-electron chi connectivity index (χ1n) is 10.1. The second-order valence-electron chi connectivity index (χ2n) is 7.43. The summed E-state index contributed by atoms with van der Waals surface area (Å²) in [5.74, 6) is 1.67. The van der Waals surface area contributed by atoms with Gasteiger partial charge < -0.3 is 19.5 Å². The summed E-state index contributed by atoms with van der Waals surface area (Å²) < 4.78 is 17.8. The van der Waals surface area contributed by atoms with Crippen molar-refractivity contribution in [1.29, 1.82) is 0 Å². The summed E-state index contributed by atoms with van der Waals surface area (Å²) in [7, 11) is 1.61. The van der Waals surface area contributed by atoms with Crippen LogP contribution in [0.2, 0.25) is 0 Å². The van der Waals surface area contributed by atoms with Crippen LogP contribution in [0.15, 0.2) is 72.9 Å². The first kappa shape index (κ1) is 19.7. The molecule has 0 saturated carbocycles. The van der Waals surface area contributed by atoms with Crippen molar-refractivity contribution in [3.63, 3.8) is 0 Å². The van der Waals surface area contributed by atoms with Crippen LogP contribution in [0.4, 0.5) is 5.69 Å². The molecule has 0 radical (unpaired) electrons. The molecule has 1 amide bonds. The van der Waals surface area contributed by atoms with Gasteiger partial charge in [0.1, 0.15) is 11.4 Å². The minimum atomic E-state index is -0.278. The summed E-state index contributed by atoms with van der Waals surface area (Å²) in [6.45, 7) is 2.20. The van der Waals surface area contributed by atoms with Crippen molar-refractivity contribution in [2.45, 2.75) is 6.92 Å². The minimum Gasteiger partial charge on any atom is -0.497 e. The third kappa shape index (κ3) is 3.76. The van der Waals surface area contributed by atoms with Crippen molar-refractivity contribution >= 4 is 11.6 Å². The van der Waals surface area contributed by atoms with Crippen LogP contribution in [0.3, 0.4) is 0 Å². The van der Waals surface area contributed by atoms with Crippen LogP contribution in [0.1, 0.15) is 15.9 Å². The number of fused-ring (bicyclic) bond motifs is 1. The van der Waals surface area contributed by atoms with Crippen molar-refractivity contribution < 1.29 is 19.0 Å². The molecule has 0 aliphatic carbocycles. The van der Waals surface area contributed by atoms with Crippen molar-refractivity contribution in [3.8, 4) is 34.2 Å². The van der Waals surface area contributed by atoms with Crippen LogP contribution in [-0.2, 0) is 0 Å². The van der Waals surface area contributed by atoms with Gasteiger partial charge in [0.05, 0.1) is 18.4 Å². The Balaban J connectivity index is 1.54. The van der Waals surface area contributed by atoms with Crippen LogP contribution < -0.4 is 19.5 Å². The highest BCUT2D eigenvalue weighted by atomic mass is 16.7. The van der Waals surface area contributed by atoms with Crippen LogP contribution in [0.5, 0.6) is 17.2 Å². The Morgan fingerprint density at radius 1 is 1.03 bits per heavy atom. The van der Waals surface area contributed by atoms with Crippen molar-refractivity contribution in [3.05, 3.63) is 84.1 Å². The molecule has 3 aromatic carbocycles. The first-order chi connectivity index (χ1) is 15.6. The van der Waals surface area contributed by atoms with E-state index in [2.05, 4.69) is 5.32 Å². The van der Waals surface area contributed by atoms with Gasteiger partial charge in [0.15, 0.2) is 11.5 Å². The lowest BCUT2D eigenvalue weighted by molar-refractivity contribution is 0.102. The molecular formula is C25H21N3O4. The summed E-state index contributed by atoms with van der Waals surface area (Å²) in [5.41, 5.74) is 4.40. The van der Waals surface area contributed by atoms with Gasteiger partial charge in [-0.05, 0) is 43.3 Å². The second kappa shape index (κ2) is 8.11. The van der Waals surface area contributed by atoms with Crippen LogP contribution in [0, 0.1) is 6.92 Å². The molecule has 1 aliphatic heterocycles. The van der Waals surface area contributed by atoms with Gasteiger partial charge in [0.2, 0.25) is 6.79 Å². The number of carbonyl (C=O) groups is 1. The molecular weight excluding hydrogens is 406 g/mol. The number of aryl methyl sites for hydroxylation is 1. The van der Waals surface area contributed by atoms with Crippen LogP contribution in [-0.4, -0.2) is 29.6 Å². The highest BCUT2D eigenvalue weighted by molar-refractivity contribution is 6.08. The largest absolute Gasteiger partial charge is 0.497 e. The average molecular weight is 427 g/mol. The molecule has 0 spiro atoms. The normalized spacial score (nSPS) is 11.9. The van der Waals surface area contributed by atoms with Gasteiger partial charge in [-0.25, -0.2) is 4.68 Å². The molecule has 4 aromatic rings. The average Bonchev–Trinajstić information content (AvgIpc) is 3.47. The zero-order valence-electron chi connectivity index (χ0n) is 17.7. The number of hydrogen-bond donors (Lipinski definition) is 1. The van der Waals surface area contributed by atoms with E-state index in [-0.39, 0.29) is 12.7 Å². The van der Waals surface area contributed by atoms with Crippen molar-refractivity contribution in [2.75, 3.05) is 19.2 Å². The standard InChI is InChI=1S/C25H21N3O4/c1-16-6-9-19(10-7-16)28-14-21(24(27-28)17-4-3-5-20(12-17)30-2)25(29)26-18-8-11-22-23(13-18)32-15-31-22/h3-14H,15H2,1-2H3,(H,26,29). The predicted molar refractivity (Wildman–Crippen MR) is 121 cm³/mol. The minimum absolute atomic E-state index is 0.177. The number of nitrogens with one attached hydrogen (secondary N) is 1. The fourth-order valence-electron chi connectivity index (χ4n) is 3.53. The lowest BCUT2D eigenvalue weighted by atomic mass is 10.1. The number of benzene rings is 3. The van der Waals surface area contributed by atoms with E-state index in [1.54, 1.807) is 36.2 Å². The van der Waals surface area contributed by atoms with Gasteiger partial charge in [0, 0.05) is 23.5 Å². The van der Waals surface area contributed by atoms with Gasteiger partial charge in [-0.3, -0.25) is 4.79 Å². The number of rotatable bonds is 5. The van der Waals surface area contributed by atoms with E-state index in [0.29, 0.717) is 34.2 Å². The van der Waals surface area contributed by atoms with E-state index in [4.69, 9.17) is 19.3 Å². The Morgan fingerprint density at radius 3 is 2.66 bits per heavy atom. The molecule has 1 aromatic heterocycles. The smallest absolute Gasteiger partial charge is 0.259 e. The number of methoxy groups -OCH3 is 1. The van der Waals surface area contributed by atoms with Gasteiger partial charge in [0.25, 0.3) is 5.91 Å². The van der Waals surface area contributed by atoms with Crippen molar-refractivity contribution in [2.24, 2.45) is 0 Å². The van der Waals surface area contributed by atoms with Gasteiger partial charge in [-0.15, -0.1) is 0 Å². The zero-order chi connectivity index (χ0) is 22.1. The number of nitrogens with zero attached hydrogens (tertiary/aromatic N) is 2. The maximum Gasteiger partial charge on any atom is 0.259 e. The van der Waals surface area contributed by atoms with E-state index < -0.39 is 0 Å². The molecule has 5 rings (SSSR count). The summed E-state index contributed by atoms with van der Waals surface area (Å²) in [6.07, 6.45) is 1.74. The number of hydrogen-bond acceptors (Lipinski definition) is 5. The Kier molecular flexibility index (Phi) is 4.99. The quantitative estimate of drug-likeness (QED) is 0.493. The number of ether oxygens (including phenoxy) is 3. The highest BCUT2D eigenvalue weighted by Gasteiger charge is 2.21. The fourth-order valence-corrected chi connectivity index (χ4v) is 3.53. The van der Waals surface area contributed by atoms with Crippen molar-refractivity contribution in [1.82, 2.24) is 9.78 Å². The molecule has 0 saturated heterocycles. The molecule has 7 heteroatoms. The number of carbonyl (C=O) groups excluding carboxylic acids is 1. The van der Waals surface area contributed by atoms with E-state index >= 15 is 0 Å². The Labute approximate surface area is 185 Å². The first-order valence-corrected chi connectivity index (χ1v) is 10.1. The molecule has 0 atom stereocenters. The van der Waals surface area contributed by atoms with Crippen LogP contribution in [0.25, 0.3) is 16.9 Å². The Hall–Kier alpha value is -4.26. The molecule has 32 heavy (non-hydrogen) atoms. The fraction of sp³-hybridized carbons (Fsp3) is 0.120. The zero-order valence-corrected chi connectivity index (χ0v) is 17.7. The second-order valence-corrected chi connectivity index (χ2v) is 7.43. The van der Waals surface area contributed by atoms with Gasteiger partial charge in [-0.2, -0.15) is 5.10 Å². The SMILES string of the molecule is COc1cccc(-c2nn(-c3ccc(C)cc3)cc2C(=O)Nc2ccc3c(c2)OCO3)c1. The maximum atomic E-state index is 13.3.